The third-order valence-electron chi connectivity index (χ3n) is 3.32. The van der Waals surface area contributed by atoms with Crippen molar-refractivity contribution in [3.63, 3.8) is 0 Å². The van der Waals surface area contributed by atoms with E-state index in [0.717, 1.165) is 27.7 Å². The summed E-state index contributed by atoms with van der Waals surface area (Å²) in [5, 5.41) is 11.1. The van der Waals surface area contributed by atoms with E-state index in [4.69, 9.17) is 16.0 Å². The van der Waals surface area contributed by atoms with E-state index in [-0.39, 0.29) is 11.9 Å². The summed E-state index contributed by atoms with van der Waals surface area (Å²) in [5.41, 5.74) is 0.815. The van der Waals surface area contributed by atoms with Crippen LogP contribution in [-0.2, 0) is 4.79 Å². The average Bonchev–Trinajstić information content (AvgIpc) is 3.09. The van der Waals surface area contributed by atoms with Crippen LogP contribution >= 0.6 is 23.4 Å². The molecule has 0 aliphatic carbocycles. The van der Waals surface area contributed by atoms with Gasteiger partial charge in [0.1, 0.15) is 0 Å². The Labute approximate surface area is 154 Å². The molecule has 0 bridgehead atoms. The molecule has 1 N–H and O–H groups in total. The van der Waals surface area contributed by atoms with Crippen molar-refractivity contribution in [2.24, 2.45) is 0 Å². The lowest BCUT2D eigenvalue weighted by atomic mass is 10.2. The topological polar surface area (TPSA) is 68.0 Å². The number of benzene rings is 2. The predicted octanol–water partition coefficient (Wildman–Crippen LogP) is 4.90. The van der Waals surface area contributed by atoms with Gasteiger partial charge in [-0.1, -0.05) is 34.9 Å². The fourth-order valence-electron chi connectivity index (χ4n) is 2.11. The highest BCUT2D eigenvalue weighted by molar-refractivity contribution is 7.99. The normalized spacial score (nSPS) is 10.6. The van der Waals surface area contributed by atoms with Crippen LogP contribution in [0.25, 0.3) is 11.5 Å². The van der Waals surface area contributed by atoms with Gasteiger partial charge in [0.25, 0.3) is 0 Å². The fraction of sp³-hybridized carbons (Fsp3) is 0.167. The SMILES string of the molecule is O=C(CCCSc1ccc(Cl)cc1)Nc1nnc(-c2ccccc2)o1. The largest absolute Gasteiger partial charge is 0.403 e. The molecule has 0 unspecified atom stereocenters. The molecule has 0 atom stereocenters. The molecule has 0 saturated carbocycles. The fourth-order valence-corrected chi connectivity index (χ4v) is 3.09. The van der Waals surface area contributed by atoms with E-state index in [9.17, 15) is 4.79 Å². The van der Waals surface area contributed by atoms with Crippen molar-refractivity contribution in [1.29, 1.82) is 0 Å². The van der Waals surface area contributed by atoms with Gasteiger partial charge in [0.05, 0.1) is 0 Å². The van der Waals surface area contributed by atoms with Gasteiger partial charge in [0, 0.05) is 21.9 Å². The van der Waals surface area contributed by atoms with Crippen molar-refractivity contribution in [1.82, 2.24) is 10.2 Å². The summed E-state index contributed by atoms with van der Waals surface area (Å²) >= 11 is 7.54. The number of nitrogens with one attached hydrogen (secondary N) is 1. The Morgan fingerprint density at radius 2 is 1.84 bits per heavy atom. The van der Waals surface area contributed by atoms with Gasteiger partial charge in [-0.05, 0) is 48.6 Å². The molecule has 5 nitrogen and oxygen atoms in total. The molecule has 1 heterocycles. The maximum absolute atomic E-state index is 11.9. The summed E-state index contributed by atoms with van der Waals surface area (Å²) in [5.74, 6) is 1.09. The molecule has 2 aromatic carbocycles. The van der Waals surface area contributed by atoms with E-state index >= 15 is 0 Å². The zero-order valence-corrected chi connectivity index (χ0v) is 14.9. The number of hydrogen-bond donors (Lipinski definition) is 1. The number of rotatable bonds is 7. The Hall–Kier alpha value is -2.31. The summed E-state index contributed by atoms with van der Waals surface area (Å²) < 4.78 is 5.46. The Morgan fingerprint density at radius 1 is 1.08 bits per heavy atom. The minimum absolute atomic E-state index is 0.120. The van der Waals surface area contributed by atoms with Gasteiger partial charge in [-0.25, -0.2) is 0 Å². The second-order valence-electron chi connectivity index (χ2n) is 5.23. The number of aromatic nitrogens is 2. The number of carbonyl (C=O) groups is 1. The molecule has 1 aromatic heterocycles. The highest BCUT2D eigenvalue weighted by Gasteiger charge is 2.10. The molecular formula is C18H16ClN3O2S. The monoisotopic (exact) mass is 373 g/mol. The molecule has 0 radical (unpaired) electrons. The number of hydrogen-bond acceptors (Lipinski definition) is 5. The van der Waals surface area contributed by atoms with Crippen molar-refractivity contribution in [3.8, 4) is 11.5 Å². The second kappa shape index (κ2) is 8.69. The summed E-state index contributed by atoms with van der Waals surface area (Å²) in [6.45, 7) is 0. The van der Waals surface area contributed by atoms with E-state index in [1.807, 2.05) is 54.6 Å². The molecule has 3 rings (SSSR count). The number of thioether (sulfide) groups is 1. The average molecular weight is 374 g/mol. The summed E-state index contributed by atoms with van der Waals surface area (Å²) in [4.78, 5) is 13.1. The van der Waals surface area contributed by atoms with Gasteiger partial charge >= 0.3 is 6.01 Å². The zero-order chi connectivity index (χ0) is 17.5. The molecule has 128 valence electrons. The van der Waals surface area contributed by atoms with Crippen LogP contribution < -0.4 is 5.32 Å². The maximum Gasteiger partial charge on any atom is 0.322 e. The predicted molar refractivity (Wildman–Crippen MR) is 99.8 cm³/mol. The first kappa shape index (κ1) is 17.5. The first-order valence-electron chi connectivity index (χ1n) is 7.78. The smallest absolute Gasteiger partial charge is 0.322 e. The number of nitrogens with zero attached hydrogens (tertiary/aromatic N) is 2. The van der Waals surface area contributed by atoms with Crippen LogP contribution in [0.2, 0.25) is 5.02 Å². The summed E-state index contributed by atoms with van der Waals surface area (Å²) in [6.07, 6.45) is 1.14. The molecule has 0 fully saturated rings. The number of amides is 1. The van der Waals surface area contributed by atoms with Gasteiger partial charge in [-0.3, -0.25) is 10.1 Å². The van der Waals surface area contributed by atoms with Crippen LogP contribution in [0, 0.1) is 0 Å². The lowest BCUT2D eigenvalue weighted by molar-refractivity contribution is -0.116. The molecule has 1 amide bonds. The van der Waals surface area contributed by atoms with E-state index in [2.05, 4.69) is 15.5 Å². The van der Waals surface area contributed by atoms with Gasteiger partial charge in [0.15, 0.2) is 0 Å². The van der Waals surface area contributed by atoms with Gasteiger partial charge in [-0.15, -0.1) is 16.9 Å². The van der Waals surface area contributed by atoms with Crippen molar-refractivity contribution in [2.75, 3.05) is 11.1 Å². The maximum atomic E-state index is 11.9. The minimum Gasteiger partial charge on any atom is -0.403 e. The first-order chi connectivity index (χ1) is 12.2. The summed E-state index contributed by atoms with van der Waals surface area (Å²) in [7, 11) is 0. The van der Waals surface area contributed by atoms with Crippen molar-refractivity contribution in [3.05, 3.63) is 59.6 Å². The number of anilines is 1. The van der Waals surface area contributed by atoms with E-state index in [0.29, 0.717) is 12.3 Å². The molecule has 0 saturated heterocycles. The Kier molecular flexibility index (Phi) is 6.09. The van der Waals surface area contributed by atoms with Crippen LogP contribution in [0.5, 0.6) is 0 Å². The van der Waals surface area contributed by atoms with E-state index in [1.165, 1.54) is 0 Å². The Balaban J connectivity index is 1.42. The number of carbonyl (C=O) groups excluding carboxylic acids is 1. The van der Waals surface area contributed by atoms with Crippen LogP contribution in [0.1, 0.15) is 12.8 Å². The molecule has 25 heavy (non-hydrogen) atoms. The minimum atomic E-state index is -0.139. The van der Waals surface area contributed by atoms with Crippen LogP contribution in [0.4, 0.5) is 6.01 Å². The molecule has 0 spiro atoms. The van der Waals surface area contributed by atoms with Gasteiger partial charge < -0.3 is 4.42 Å². The highest BCUT2D eigenvalue weighted by Crippen LogP contribution is 2.22. The van der Waals surface area contributed by atoms with Crippen molar-refractivity contribution >= 4 is 35.3 Å². The Morgan fingerprint density at radius 3 is 2.60 bits per heavy atom. The molecule has 7 heteroatoms. The van der Waals surface area contributed by atoms with E-state index < -0.39 is 0 Å². The highest BCUT2D eigenvalue weighted by atomic mass is 35.5. The van der Waals surface area contributed by atoms with Gasteiger partial charge in [0.2, 0.25) is 11.8 Å². The summed E-state index contributed by atoms with van der Waals surface area (Å²) in [6, 6.07) is 17.2. The molecule has 0 aliphatic heterocycles. The van der Waals surface area contributed by atoms with Crippen LogP contribution in [0.15, 0.2) is 63.9 Å². The second-order valence-corrected chi connectivity index (χ2v) is 6.84. The van der Waals surface area contributed by atoms with Crippen molar-refractivity contribution < 1.29 is 9.21 Å². The molecular weight excluding hydrogens is 358 g/mol. The quantitative estimate of drug-likeness (QED) is 0.471. The lowest BCUT2D eigenvalue weighted by Crippen LogP contribution is -2.11. The molecule has 3 aromatic rings. The van der Waals surface area contributed by atoms with Crippen LogP contribution in [0.3, 0.4) is 0 Å². The van der Waals surface area contributed by atoms with E-state index in [1.54, 1.807) is 11.8 Å². The third-order valence-corrected chi connectivity index (χ3v) is 4.67. The standard InChI is InChI=1S/C18H16ClN3O2S/c19-14-8-10-15(11-9-14)25-12-4-7-16(23)20-18-22-21-17(24-18)13-5-2-1-3-6-13/h1-3,5-6,8-11H,4,7,12H2,(H,20,22,23). The van der Waals surface area contributed by atoms with Crippen LogP contribution in [-0.4, -0.2) is 21.9 Å². The number of halogens is 1. The zero-order valence-electron chi connectivity index (χ0n) is 13.3. The lowest BCUT2D eigenvalue weighted by Gasteiger charge is -2.02. The van der Waals surface area contributed by atoms with Gasteiger partial charge in [-0.2, -0.15) is 0 Å². The Bertz CT molecular complexity index is 822. The molecule has 0 aliphatic rings. The first-order valence-corrected chi connectivity index (χ1v) is 9.14. The van der Waals surface area contributed by atoms with Crippen molar-refractivity contribution in [2.45, 2.75) is 17.7 Å². The third kappa shape index (κ3) is 5.34.